The molecule has 4 bridgehead atoms. The Morgan fingerprint density at radius 1 is 0.952 bits per heavy atom. The third kappa shape index (κ3) is 1.84. The van der Waals surface area contributed by atoms with Crippen molar-refractivity contribution in [1.29, 1.82) is 0 Å². The lowest BCUT2D eigenvalue weighted by Crippen LogP contribution is -2.47. The van der Waals surface area contributed by atoms with Gasteiger partial charge in [-0.2, -0.15) is 0 Å². The van der Waals surface area contributed by atoms with Crippen molar-refractivity contribution < 1.29 is 19.7 Å². The molecule has 4 nitrogen and oxygen atoms in total. The van der Waals surface area contributed by atoms with Crippen LogP contribution in [0.4, 0.5) is 0 Å². The normalized spacial score (nSPS) is 54.0. The van der Waals surface area contributed by atoms with E-state index in [-0.39, 0.29) is 23.7 Å². The number of hydrogen-bond acceptors (Lipinski definition) is 4. The average Bonchev–Trinajstić information content (AvgIpc) is 3.07. The molecule has 4 aliphatic rings. The largest absolute Gasteiger partial charge is 0.460 e. The lowest BCUT2D eigenvalue weighted by Gasteiger charge is -2.41. The molecule has 0 aliphatic heterocycles. The number of esters is 1. The van der Waals surface area contributed by atoms with Crippen LogP contribution in [-0.4, -0.2) is 34.0 Å². The van der Waals surface area contributed by atoms with Crippen molar-refractivity contribution in [1.82, 2.24) is 0 Å². The van der Waals surface area contributed by atoms with Crippen LogP contribution in [0.5, 0.6) is 0 Å². The van der Waals surface area contributed by atoms with Gasteiger partial charge in [-0.25, -0.2) is 0 Å². The minimum absolute atomic E-state index is 0.0131. The quantitative estimate of drug-likeness (QED) is 0.569. The molecule has 0 aromatic carbocycles. The van der Waals surface area contributed by atoms with Gasteiger partial charge in [0.05, 0.1) is 18.1 Å². The molecule has 4 aliphatic carbocycles. The molecule has 9 atom stereocenters. The second-order valence-corrected chi connectivity index (χ2v) is 8.73. The highest BCUT2D eigenvalue weighted by atomic mass is 16.6. The number of rotatable bonds is 1. The minimum Gasteiger partial charge on any atom is -0.460 e. The van der Waals surface area contributed by atoms with Gasteiger partial charge in [-0.15, -0.1) is 0 Å². The van der Waals surface area contributed by atoms with Crippen molar-refractivity contribution in [2.24, 2.45) is 41.4 Å². The zero-order valence-electron chi connectivity index (χ0n) is 13.0. The fourth-order valence-corrected chi connectivity index (χ4v) is 6.21. The molecule has 0 saturated heterocycles. The number of carbonyl (C=O) groups excluding carboxylic acids is 1. The molecule has 4 heteroatoms. The molecule has 118 valence electrons. The SMILES string of the molecule is CC(C)(C)OC(=O)C1CC2CC1C1C2C2CC1[C@H](O)[C@@H]2O. The maximum absolute atomic E-state index is 12.5. The van der Waals surface area contributed by atoms with Crippen LogP contribution in [0.3, 0.4) is 0 Å². The Morgan fingerprint density at radius 2 is 1.57 bits per heavy atom. The molecule has 4 saturated carbocycles. The van der Waals surface area contributed by atoms with Gasteiger partial charge >= 0.3 is 5.97 Å². The van der Waals surface area contributed by atoms with Gasteiger partial charge in [0.25, 0.3) is 0 Å². The number of hydrogen-bond donors (Lipinski definition) is 2. The van der Waals surface area contributed by atoms with E-state index in [9.17, 15) is 15.0 Å². The molecule has 2 N–H and O–H groups in total. The molecule has 4 fully saturated rings. The van der Waals surface area contributed by atoms with Crippen LogP contribution in [0.2, 0.25) is 0 Å². The van der Waals surface area contributed by atoms with E-state index in [0.29, 0.717) is 23.7 Å². The smallest absolute Gasteiger partial charge is 0.309 e. The fraction of sp³-hybridized carbons (Fsp3) is 0.941. The molecule has 7 unspecified atom stereocenters. The van der Waals surface area contributed by atoms with Crippen molar-refractivity contribution in [3.63, 3.8) is 0 Å². The maximum Gasteiger partial charge on any atom is 0.309 e. The average molecular weight is 294 g/mol. The highest BCUT2D eigenvalue weighted by Gasteiger charge is 2.68. The molecule has 0 heterocycles. The Morgan fingerprint density at radius 3 is 2.19 bits per heavy atom. The summed E-state index contributed by atoms with van der Waals surface area (Å²) in [7, 11) is 0. The van der Waals surface area contributed by atoms with Gasteiger partial charge in [-0.05, 0) is 75.5 Å². The summed E-state index contributed by atoms with van der Waals surface area (Å²) in [5, 5.41) is 20.4. The second kappa shape index (κ2) is 4.23. The topological polar surface area (TPSA) is 66.8 Å². The molecule has 0 radical (unpaired) electrons. The second-order valence-electron chi connectivity index (χ2n) is 8.73. The molecule has 0 aromatic heterocycles. The fourth-order valence-electron chi connectivity index (χ4n) is 6.21. The molecule has 21 heavy (non-hydrogen) atoms. The van der Waals surface area contributed by atoms with E-state index in [1.807, 2.05) is 20.8 Å². The summed E-state index contributed by atoms with van der Waals surface area (Å²) in [6.07, 6.45) is 1.86. The Balaban J connectivity index is 1.54. The summed E-state index contributed by atoms with van der Waals surface area (Å²) in [5.41, 5.74) is -0.428. The van der Waals surface area contributed by atoms with Crippen molar-refractivity contribution in [3.05, 3.63) is 0 Å². The van der Waals surface area contributed by atoms with Gasteiger partial charge in [-0.3, -0.25) is 4.79 Å². The van der Waals surface area contributed by atoms with Crippen LogP contribution in [0.1, 0.15) is 40.0 Å². The van der Waals surface area contributed by atoms with Gasteiger partial charge in [0, 0.05) is 0 Å². The van der Waals surface area contributed by atoms with Gasteiger partial charge in [-0.1, -0.05) is 0 Å². The van der Waals surface area contributed by atoms with E-state index in [2.05, 4.69) is 0 Å². The van der Waals surface area contributed by atoms with Crippen LogP contribution in [-0.2, 0) is 9.53 Å². The van der Waals surface area contributed by atoms with Crippen molar-refractivity contribution >= 4 is 5.97 Å². The van der Waals surface area contributed by atoms with Crippen LogP contribution in [0.15, 0.2) is 0 Å². The van der Waals surface area contributed by atoms with E-state index in [1.54, 1.807) is 0 Å². The van der Waals surface area contributed by atoms with Crippen LogP contribution in [0, 0.1) is 41.4 Å². The van der Waals surface area contributed by atoms with Gasteiger partial charge in [0.2, 0.25) is 0 Å². The summed E-state index contributed by atoms with van der Waals surface area (Å²) in [5.74, 6) is 2.33. The summed E-state index contributed by atoms with van der Waals surface area (Å²) in [4.78, 5) is 12.5. The lowest BCUT2D eigenvalue weighted by molar-refractivity contribution is -0.165. The zero-order valence-corrected chi connectivity index (χ0v) is 13.0. The Kier molecular flexibility index (Phi) is 2.82. The number of aliphatic hydroxyl groups is 2. The van der Waals surface area contributed by atoms with Gasteiger partial charge < -0.3 is 14.9 Å². The Bertz CT molecular complexity index is 468. The van der Waals surface area contributed by atoms with E-state index >= 15 is 0 Å². The highest BCUT2D eigenvalue weighted by molar-refractivity contribution is 5.74. The van der Waals surface area contributed by atoms with Crippen LogP contribution < -0.4 is 0 Å². The van der Waals surface area contributed by atoms with E-state index in [0.717, 1.165) is 19.3 Å². The predicted molar refractivity (Wildman–Crippen MR) is 76.1 cm³/mol. The Labute approximate surface area is 125 Å². The van der Waals surface area contributed by atoms with E-state index < -0.39 is 17.8 Å². The summed E-state index contributed by atoms with van der Waals surface area (Å²) in [6, 6.07) is 0. The summed E-state index contributed by atoms with van der Waals surface area (Å²) < 4.78 is 5.60. The van der Waals surface area contributed by atoms with Crippen molar-refractivity contribution in [2.45, 2.75) is 57.8 Å². The standard InChI is InChI=1S/C17H26O4/c1-17(2,3)21-16(20)9-5-7-4-8(9)13-11-6-10(12(7)13)14(18)15(11)19/h7-15,18-19H,4-6H2,1-3H3/t7?,8?,9?,10?,11?,12?,13?,14-,15+/m1/s1. The predicted octanol–water partition coefficient (Wildman–Crippen LogP) is 1.59. The molecule has 0 aromatic rings. The Hall–Kier alpha value is -0.610. The summed E-state index contributed by atoms with van der Waals surface area (Å²) >= 11 is 0. The highest BCUT2D eigenvalue weighted by Crippen LogP contribution is 2.68. The molecule has 0 amide bonds. The van der Waals surface area contributed by atoms with Gasteiger partial charge in [0.1, 0.15) is 5.60 Å². The van der Waals surface area contributed by atoms with Gasteiger partial charge in [0.15, 0.2) is 0 Å². The number of ether oxygens (including phenoxy) is 1. The lowest BCUT2D eigenvalue weighted by atomic mass is 9.66. The number of fused-ring (bicyclic) bond motifs is 9. The van der Waals surface area contributed by atoms with E-state index in [1.165, 1.54) is 0 Å². The molecule has 4 rings (SSSR count). The minimum atomic E-state index is -0.574. The number of aliphatic hydroxyl groups excluding tert-OH is 2. The first kappa shape index (κ1) is 14.0. The van der Waals surface area contributed by atoms with E-state index in [4.69, 9.17) is 4.74 Å². The monoisotopic (exact) mass is 294 g/mol. The first-order chi connectivity index (χ1) is 9.78. The first-order valence-corrected chi connectivity index (χ1v) is 8.37. The summed E-state index contributed by atoms with van der Waals surface area (Å²) in [6.45, 7) is 5.75. The van der Waals surface area contributed by atoms with Crippen LogP contribution in [0.25, 0.3) is 0 Å². The van der Waals surface area contributed by atoms with Crippen molar-refractivity contribution in [3.8, 4) is 0 Å². The molecule has 0 spiro atoms. The third-order valence-corrected chi connectivity index (χ3v) is 6.60. The van der Waals surface area contributed by atoms with Crippen molar-refractivity contribution in [2.75, 3.05) is 0 Å². The van der Waals surface area contributed by atoms with Crippen LogP contribution >= 0.6 is 0 Å². The molecular formula is C17H26O4. The maximum atomic E-state index is 12.5. The molecular weight excluding hydrogens is 268 g/mol. The zero-order chi connectivity index (χ0) is 15.1. The first-order valence-electron chi connectivity index (χ1n) is 8.37. The third-order valence-electron chi connectivity index (χ3n) is 6.60. The number of carbonyl (C=O) groups is 1.